The van der Waals surface area contributed by atoms with Crippen molar-refractivity contribution in [2.75, 3.05) is 6.54 Å². The van der Waals surface area contributed by atoms with Crippen molar-refractivity contribution in [2.24, 2.45) is 0 Å². The summed E-state index contributed by atoms with van der Waals surface area (Å²) in [5.41, 5.74) is 2.98. The van der Waals surface area contributed by atoms with E-state index in [2.05, 4.69) is 28.5 Å². The molecular weight excluding hydrogens is 286 g/mol. The second-order valence-electron chi connectivity index (χ2n) is 3.74. The summed E-state index contributed by atoms with van der Waals surface area (Å²) in [6, 6.07) is 5.97. The monoisotopic (exact) mass is 299 g/mol. The highest BCUT2D eigenvalue weighted by atomic mass is 35.5. The number of halogens is 1. The van der Waals surface area contributed by atoms with Crippen molar-refractivity contribution in [1.29, 1.82) is 0 Å². The van der Waals surface area contributed by atoms with E-state index in [4.69, 9.17) is 11.6 Å². The van der Waals surface area contributed by atoms with Crippen LogP contribution in [0.2, 0.25) is 5.02 Å². The van der Waals surface area contributed by atoms with Gasteiger partial charge < -0.3 is 5.32 Å². The molecule has 96 valence electrons. The molecule has 0 atom stereocenters. The standard InChI is InChI=1S/C12H14ClN3S2/c1-2-5-14-7-9-3-4-10(13)6-11(9)18-12-16-15-8-17-12/h3-4,6,8,14H,2,5,7H2,1H3. The first-order chi connectivity index (χ1) is 8.79. The number of aromatic nitrogens is 2. The molecule has 1 N–H and O–H groups in total. The van der Waals surface area contributed by atoms with Crippen LogP contribution in [0.3, 0.4) is 0 Å². The lowest BCUT2D eigenvalue weighted by molar-refractivity contribution is 0.669. The zero-order valence-electron chi connectivity index (χ0n) is 10.0. The molecule has 0 aliphatic heterocycles. The summed E-state index contributed by atoms with van der Waals surface area (Å²) in [7, 11) is 0. The molecule has 0 saturated carbocycles. The van der Waals surface area contributed by atoms with Crippen molar-refractivity contribution in [3.8, 4) is 0 Å². The van der Waals surface area contributed by atoms with E-state index in [0.717, 1.165) is 33.8 Å². The van der Waals surface area contributed by atoms with Gasteiger partial charge in [0, 0.05) is 16.5 Å². The largest absolute Gasteiger partial charge is 0.313 e. The van der Waals surface area contributed by atoms with Crippen LogP contribution >= 0.6 is 34.7 Å². The van der Waals surface area contributed by atoms with Crippen LogP contribution in [0.1, 0.15) is 18.9 Å². The maximum atomic E-state index is 6.05. The van der Waals surface area contributed by atoms with Crippen LogP contribution < -0.4 is 5.32 Å². The van der Waals surface area contributed by atoms with Gasteiger partial charge >= 0.3 is 0 Å². The fourth-order valence-electron chi connectivity index (χ4n) is 1.47. The van der Waals surface area contributed by atoms with Gasteiger partial charge in [0.15, 0.2) is 4.34 Å². The summed E-state index contributed by atoms with van der Waals surface area (Å²) in [5.74, 6) is 0. The first-order valence-electron chi connectivity index (χ1n) is 5.72. The Morgan fingerprint density at radius 3 is 3.06 bits per heavy atom. The third-order valence-electron chi connectivity index (χ3n) is 2.31. The SMILES string of the molecule is CCCNCc1ccc(Cl)cc1Sc1nncs1. The van der Waals surface area contributed by atoms with Gasteiger partial charge in [-0.3, -0.25) is 0 Å². The Morgan fingerprint density at radius 1 is 1.44 bits per heavy atom. The summed E-state index contributed by atoms with van der Waals surface area (Å²) >= 11 is 9.20. The average molecular weight is 300 g/mol. The second-order valence-corrected chi connectivity index (χ2v) is 6.29. The minimum atomic E-state index is 0.751. The smallest absolute Gasteiger partial charge is 0.178 e. The number of rotatable bonds is 6. The van der Waals surface area contributed by atoms with Crippen molar-refractivity contribution in [2.45, 2.75) is 29.1 Å². The van der Waals surface area contributed by atoms with E-state index in [1.807, 2.05) is 12.1 Å². The number of benzene rings is 1. The van der Waals surface area contributed by atoms with Crippen LogP contribution in [0.5, 0.6) is 0 Å². The lowest BCUT2D eigenvalue weighted by Gasteiger charge is -2.09. The molecule has 1 aromatic heterocycles. The van der Waals surface area contributed by atoms with Gasteiger partial charge in [-0.25, -0.2) is 0 Å². The fourth-order valence-corrected chi connectivity index (χ4v) is 3.31. The maximum Gasteiger partial charge on any atom is 0.178 e. The van der Waals surface area contributed by atoms with E-state index in [9.17, 15) is 0 Å². The Kier molecular flexibility index (Phi) is 5.44. The Hall–Kier alpha value is -0.620. The molecule has 0 radical (unpaired) electrons. The van der Waals surface area contributed by atoms with E-state index < -0.39 is 0 Å². The summed E-state index contributed by atoms with van der Waals surface area (Å²) < 4.78 is 0.939. The third kappa shape index (κ3) is 3.95. The fraction of sp³-hybridized carbons (Fsp3) is 0.333. The van der Waals surface area contributed by atoms with Gasteiger partial charge in [0.2, 0.25) is 0 Å². The Labute approximate surface area is 120 Å². The molecule has 0 aliphatic rings. The van der Waals surface area contributed by atoms with Crippen LogP contribution in [-0.2, 0) is 6.54 Å². The van der Waals surface area contributed by atoms with E-state index in [1.165, 1.54) is 16.9 Å². The molecule has 1 heterocycles. The van der Waals surface area contributed by atoms with Crippen molar-refractivity contribution in [3.63, 3.8) is 0 Å². The van der Waals surface area contributed by atoms with Crippen molar-refractivity contribution >= 4 is 34.7 Å². The number of nitrogens with zero attached hydrogens (tertiary/aromatic N) is 2. The summed E-state index contributed by atoms with van der Waals surface area (Å²) in [4.78, 5) is 1.14. The molecular formula is C12H14ClN3S2. The topological polar surface area (TPSA) is 37.8 Å². The zero-order valence-corrected chi connectivity index (χ0v) is 12.4. The highest BCUT2D eigenvalue weighted by molar-refractivity contribution is 8.01. The Bertz CT molecular complexity index is 488. The molecule has 0 bridgehead atoms. The van der Waals surface area contributed by atoms with Crippen LogP contribution in [0.25, 0.3) is 0 Å². The molecule has 1 aromatic carbocycles. The van der Waals surface area contributed by atoms with E-state index >= 15 is 0 Å². The molecule has 2 rings (SSSR count). The number of nitrogens with one attached hydrogen (secondary N) is 1. The predicted molar refractivity (Wildman–Crippen MR) is 77.5 cm³/mol. The molecule has 0 spiro atoms. The van der Waals surface area contributed by atoms with Crippen LogP contribution in [0.4, 0.5) is 0 Å². The summed E-state index contributed by atoms with van der Waals surface area (Å²) in [5, 5.41) is 12.0. The molecule has 2 aromatic rings. The van der Waals surface area contributed by atoms with E-state index in [1.54, 1.807) is 17.3 Å². The molecule has 18 heavy (non-hydrogen) atoms. The molecule has 0 amide bonds. The van der Waals surface area contributed by atoms with Gasteiger partial charge in [-0.05, 0) is 30.7 Å². The van der Waals surface area contributed by atoms with Crippen molar-refractivity contribution in [1.82, 2.24) is 15.5 Å². The van der Waals surface area contributed by atoms with Gasteiger partial charge in [0.05, 0.1) is 0 Å². The maximum absolute atomic E-state index is 6.05. The van der Waals surface area contributed by atoms with Gasteiger partial charge in [-0.15, -0.1) is 10.2 Å². The lowest BCUT2D eigenvalue weighted by Crippen LogP contribution is -2.14. The Morgan fingerprint density at radius 2 is 2.33 bits per heavy atom. The molecule has 0 saturated heterocycles. The molecule has 0 aliphatic carbocycles. The minimum absolute atomic E-state index is 0.751. The average Bonchev–Trinajstić information content (AvgIpc) is 2.85. The first-order valence-corrected chi connectivity index (χ1v) is 7.80. The molecule has 3 nitrogen and oxygen atoms in total. The lowest BCUT2D eigenvalue weighted by atomic mass is 10.2. The zero-order chi connectivity index (χ0) is 12.8. The normalized spacial score (nSPS) is 10.8. The van der Waals surface area contributed by atoms with Crippen LogP contribution in [0, 0.1) is 0 Å². The van der Waals surface area contributed by atoms with Crippen molar-refractivity contribution in [3.05, 3.63) is 34.3 Å². The number of hydrogen-bond acceptors (Lipinski definition) is 5. The van der Waals surface area contributed by atoms with Gasteiger partial charge in [0.25, 0.3) is 0 Å². The van der Waals surface area contributed by atoms with Crippen LogP contribution in [-0.4, -0.2) is 16.7 Å². The predicted octanol–water partition coefficient (Wildman–Crippen LogP) is 3.84. The van der Waals surface area contributed by atoms with Gasteiger partial charge in [-0.2, -0.15) is 0 Å². The quantitative estimate of drug-likeness (QED) is 0.822. The van der Waals surface area contributed by atoms with Crippen LogP contribution in [0.15, 0.2) is 32.9 Å². The molecule has 0 unspecified atom stereocenters. The van der Waals surface area contributed by atoms with Gasteiger partial charge in [-0.1, -0.05) is 47.7 Å². The van der Waals surface area contributed by atoms with Gasteiger partial charge in [0.1, 0.15) is 5.51 Å². The third-order valence-corrected chi connectivity index (χ3v) is 4.42. The second kappa shape index (κ2) is 7.09. The highest BCUT2D eigenvalue weighted by Gasteiger charge is 2.07. The minimum Gasteiger partial charge on any atom is -0.313 e. The first kappa shape index (κ1) is 13.8. The van der Waals surface area contributed by atoms with E-state index in [0.29, 0.717) is 0 Å². The summed E-state index contributed by atoms with van der Waals surface area (Å²) in [6.07, 6.45) is 1.13. The summed E-state index contributed by atoms with van der Waals surface area (Å²) in [6.45, 7) is 4.03. The number of hydrogen-bond donors (Lipinski definition) is 1. The van der Waals surface area contributed by atoms with E-state index in [-0.39, 0.29) is 0 Å². The molecule has 6 heteroatoms. The van der Waals surface area contributed by atoms with Crippen molar-refractivity contribution < 1.29 is 0 Å². The molecule has 0 fully saturated rings. The Balaban J connectivity index is 2.12. The highest BCUT2D eigenvalue weighted by Crippen LogP contribution is 2.33.